The van der Waals surface area contributed by atoms with E-state index in [1.165, 1.54) is 0 Å². The van der Waals surface area contributed by atoms with Gasteiger partial charge in [-0.15, -0.1) is 0 Å². The second-order valence-corrected chi connectivity index (χ2v) is 0.437. The van der Waals surface area contributed by atoms with E-state index < -0.39 is 5.97 Å². The molecule has 0 bridgehead atoms. The molecule has 2 N–H and O–H groups in total. The Bertz CT molecular complexity index is 60.7. The van der Waals surface area contributed by atoms with Crippen LogP contribution in [0.15, 0.2) is 0 Å². The van der Waals surface area contributed by atoms with Gasteiger partial charge in [0.05, 0.1) is 0 Å². The van der Waals surface area contributed by atoms with E-state index in [0.717, 1.165) is 0 Å². The van der Waals surface area contributed by atoms with Crippen molar-refractivity contribution in [3.05, 3.63) is 0 Å². The Morgan fingerprint density at radius 2 is 1.71 bits per heavy atom. The second kappa shape index (κ2) is 9.44. The molecule has 5 heteroatoms. The van der Waals surface area contributed by atoms with Crippen molar-refractivity contribution in [3.8, 4) is 0 Å². The van der Waals surface area contributed by atoms with E-state index in [1.54, 1.807) is 0 Å². The van der Waals surface area contributed by atoms with Crippen LogP contribution in [0.2, 0.25) is 0 Å². The predicted molar refractivity (Wildman–Crippen MR) is 14.7 cm³/mol. The first kappa shape index (κ1) is 15.7. The number of aliphatic carboxylic acids is 1. The zero-order chi connectivity index (χ0) is 4.28. The van der Waals surface area contributed by atoms with Gasteiger partial charge in [-0.1, -0.05) is 0 Å². The summed E-state index contributed by atoms with van der Waals surface area (Å²) in [6, 6.07) is 0. The van der Waals surface area contributed by atoms with Crippen molar-refractivity contribution in [2.75, 3.05) is 0 Å². The fourth-order valence-corrected chi connectivity index (χ4v) is 0. The van der Waals surface area contributed by atoms with E-state index in [2.05, 4.69) is 0 Å². The van der Waals surface area contributed by atoms with Gasteiger partial charge in [-0.25, -0.2) is 0 Å². The Morgan fingerprint density at radius 3 is 1.71 bits per heavy atom. The number of carbonyl (C=O) groups is 2. The average molecular weight is 114 g/mol. The fraction of sp³-hybridized carbons (Fsp3) is 0. The Hall–Kier alpha value is 0.100. The number of hydrogen-bond acceptors (Lipinski definition) is 3. The largest absolute Gasteiger partial charge is 1.00 e. The molecular formula is C2H3NaO4. The molecule has 0 amide bonds. The average Bonchev–Trinajstić information content (AvgIpc) is 1.38. The van der Waals surface area contributed by atoms with E-state index in [0.29, 0.717) is 0 Å². The minimum absolute atomic E-state index is 0. The van der Waals surface area contributed by atoms with Crippen LogP contribution in [-0.2, 0) is 9.59 Å². The molecule has 0 atom stereocenters. The van der Waals surface area contributed by atoms with Gasteiger partial charge in [-0.2, -0.15) is 0 Å². The van der Waals surface area contributed by atoms with Crippen LogP contribution in [0.1, 0.15) is 0 Å². The molecule has 0 aromatic rings. The molecule has 0 saturated carbocycles. The van der Waals surface area contributed by atoms with Gasteiger partial charge in [-0.3, -0.25) is 4.79 Å². The molecule has 0 unspecified atom stereocenters. The molecule has 0 radical (unpaired) electrons. The summed E-state index contributed by atoms with van der Waals surface area (Å²) in [6.45, 7) is 0. The van der Waals surface area contributed by atoms with E-state index in [1.807, 2.05) is 0 Å². The molecule has 7 heavy (non-hydrogen) atoms. The van der Waals surface area contributed by atoms with E-state index >= 15 is 0 Å². The minimum Gasteiger partial charge on any atom is -0.542 e. The summed E-state index contributed by atoms with van der Waals surface area (Å²) in [5, 5.41) is 8.89. The summed E-state index contributed by atoms with van der Waals surface area (Å²) in [4.78, 5) is 17.7. The quantitative estimate of drug-likeness (QED) is 0.193. The maximum Gasteiger partial charge on any atom is 1.00 e. The zero-order valence-corrected chi connectivity index (χ0v) is 5.80. The van der Waals surface area contributed by atoms with Crippen molar-refractivity contribution in [2.45, 2.75) is 0 Å². The molecule has 36 valence electrons. The van der Waals surface area contributed by atoms with Crippen molar-refractivity contribution >= 4 is 12.3 Å². The number of carboxylic acids is 1. The van der Waals surface area contributed by atoms with Gasteiger partial charge in [0.1, 0.15) is 5.97 Å². The number of aldehydes is 1. The summed E-state index contributed by atoms with van der Waals surface area (Å²) in [6.07, 6.45) is -0.278. The summed E-state index contributed by atoms with van der Waals surface area (Å²) in [5.41, 5.74) is 0. The maximum absolute atomic E-state index is 8.89. The van der Waals surface area contributed by atoms with E-state index in [9.17, 15) is 0 Å². The predicted octanol–water partition coefficient (Wildman–Crippen LogP) is -5.89. The summed E-state index contributed by atoms with van der Waals surface area (Å²) < 4.78 is 0. The Balaban J connectivity index is -0.0000000800. The maximum atomic E-state index is 8.89. The van der Waals surface area contributed by atoms with Gasteiger partial charge in [0, 0.05) is 0 Å². The van der Waals surface area contributed by atoms with Crippen molar-refractivity contribution in [1.82, 2.24) is 0 Å². The van der Waals surface area contributed by atoms with Crippen LogP contribution in [0.3, 0.4) is 0 Å². The SMILES string of the molecule is O.O=CC(=O)[O-].[Na+]. The molecule has 0 aromatic heterocycles. The molecular weight excluding hydrogens is 111 g/mol. The molecule has 0 aromatic carbocycles. The smallest absolute Gasteiger partial charge is 0.542 e. The van der Waals surface area contributed by atoms with Crippen molar-refractivity contribution in [2.24, 2.45) is 0 Å². The first-order valence-electron chi connectivity index (χ1n) is 0.933. The second-order valence-electron chi connectivity index (χ2n) is 0.437. The van der Waals surface area contributed by atoms with E-state index in [4.69, 9.17) is 14.7 Å². The van der Waals surface area contributed by atoms with Crippen LogP contribution in [0.5, 0.6) is 0 Å². The molecule has 0 aliphatic heterocycles. The summed E-state index contributed by atoms with van der Waals surface area (Å²) in [5.74, 6) is -1.68. The third kappa shape index (κ3) is 23.3. The van der Waals surface area contributed by atoms with Crippen LogP contribution in [0, 0.1) is 0 Å². The minimum atomic E-state index is -1.68. The van der Waals surface area contributed by atoms with Gasteiger partial charge in [-0.05, 0) is 0 Å². The zero-order valence-electron chi connectivity index (χ0n) is 3.80. The summed E-state index contributed by atoms with van der Waals surface area (Å²) in [7, 11) is 0. The molecule has 0 heterocycles. The third-order valence-corrected chi connectivity index (χ3v) is 0.0962. The molecule has 0 aliphatic carbocycles. The monoisotopic (exact) mass is 114 g/mol. The third-order valence-electron chi connectivity index (χ3n) is 0.0962. The van der Waals surface area contributed by atoms with Crippen LogP contribution < -0.4 is 34.7 Å². The number of carboxylic acid groups (broad SMARTS) is 1. The van der Waals surface area contributed by atoms with Gasteiger partial charge >= 0.3 is 29.6 Å². The molecule has 4 nitrogen and oxygen atoms in total. The van der Waals surface area contributed by atoms with Crippen molar-refractivity contribution in [3.63, 3.8) is 0 Å². The number of hydrogen-bond donors (Lipinski definition) is 0. The molecule has 0 saturated heterocycles. The van der Waals surface area contributed by atoms with Crippen LogP contribution in [0.25, 0.3) is 0 Å². The standard InChI is InChI=1S/C2H2O3.Na.H2O/c3-1-2(4)5;;/h1H,(H,4,5);;1H2/q;+1;/p-1. The van der Waals surface area contributed by atoms with Crippen LogP contribution in [-0.4, -0.2) is 17.7 Å². The number of rotatable bonds is 1. The molecule has 0 fully saturated rings. The molecule has 0 spiro atoms. The first-order valence-corrected chi connectivity index (χ1v) is 0.933. The van der Waals surface area contributed by atoms with Crippen molar-refractivity contribution in [1.29, 1.82) is 0 Å². The van der Waals surface area contributed by atoms with Crippen LogP contribution in [0.4, 0.5) is 0 Å². The molecule has 0 aliphatic rings. The topological polar surface area (TPSA) is 88.7 Å². The van der Waals surface area contributed by atoms with Crippen molar-refractivity contribution < 1.29 is 49.7 Å². The van der Waals surface area contributed by atoms with Crippen LogP contribution >= 0.6 is 0 Å². The fourth-order valence-electron chi connectivity index (χ4n) is 0. The number of carbonyl (C=O) groups excluding carboxylic acids is 2. The Kier molecular flexibility index (Phi) is 21.2. The van der Waals surface area contributed by atoms with Gasteiger partial charge in [0.2, 0.25) is 0 Å². The van der Waals surface area contributed by atoms with E-state index in [-0.39, 0.29) is 41.3 Å². The Labute approximate surface area is 62.1 Å². The normalized spacial score (nSPS) is 4.57. The van der Waals surface area contributed by atoms with Gasteiger partial charge < -0.3 is 15.4 Å². The summed E-state index contributed by atoms with van der Waals surface area (Å²) >= 11 is 0. The van der Waals surface area contributed by atoms with Gasteiger partial charge in [0.15, 0.2) is 6.29 Å². The Morgan fingerprint density at radius 1 is 1.57 bits per heavy atom. The first-order chi connectivity index (χ1) is 2.27. The van der Waals surface area contributed by atoms with Gasteiger partial charge in [0.25, 0.3) is 0 Å². The molecule has 0 rings (SSSR count).